The van der Waals surface area contributed by atoms with E-state index in [-0.39, 0.29) is 13.2 Å². The number of nitrogens with zero attached hydrogens (tertiary/aromatic N) is 2. The molecule has 1 aromatic carbocycles. The van der Waals surface area contributed by atoms with Gasteiger partial charge in [0.1, 0.15) is 24.5 Å². The number of ether oxygens (including phenoxy) is 2. The van der Waals surface area contributed by atoms with Gasteiger partial charge in [-0.1, -0.05) is 17.7 Å². The van der Waals surface area contributed by atoms with Crippen LogP contribution >= 0.6 is 11.6 Å². The minimum absolute atomic E-state index is 0.166. The summed E-state index contributed by atoms with van der Waals surface area (Å²) in [7, 11) is 1.77. The Hall–Kier alpha value is -2.01. The summed E-state index contributed by atoms with van der Waals surface area (Å²) in [6.07, 6.45) is 1.50. The second kappa shape index (κ2) is 6.43. The summed E-state index contributed by atoms with van der Waals surface area (Å²) in [5.74, 6) is 0.247. The maximum atomic E-state index is 11.8. The van der Waals surface area contributed by atoms with Crippen molar-refractivity contribution >= 4 is 17.6 Å². The van der Waals surface area contributed by atoms with Crippen LogP contribution in [0.2, 0.25) is 5.02 Å². The average molecular weight is 295 g/mol. The van der Waals surface area contributed by atoms with E-state index < -0.39 is 5.97 Å². The summed E-state index contributed by atoms with van der Waals surface area (Å²) in [5, 5.41) is 4.59. The lowest BCUT2D eigenvalue weighted by Crippen LogP contribution is -2.13. The lowest BCUT2D eigenvalue weighted by Gasteiger charge is -2.07. The van der Waals surface area contributed by atoms with Crippen molar-refractivity contribution in [1.82, 2.24) is 9.78 Å². The second-order valence-corrected chi connectivity index (χ2v) is 4.65. The number of rotatable bonds is 5. The number of carbonyl (C=O) groups is 1. The van der Waals surface area contributed by atoms with Gasteiger partial charge in [0.05, 0.1) is 6.20 Å². The van der Waals surface area contributed by atoms with E-state index in [0.29, 0.717) is 16.3 Å². The predicted octanol–water partition coefficient (Wildman–Crippen LogP) is 2.62. The molecule has 0 spiro atoms. The molecule has 0 aliphatic rings. The molecular formula is C14H15ClN2O3. The lowest BCUT2D eigenvalue weighted by molar-refractivity contribution is 0.0449. The summed E-state index contributed by atoms with van der Waals surface area (Å²) in [5.41, 5.74) is 1.24. The maximum absolute atomic E-state index is 11.8. The molecule has 5 nitrogen and oxygen atoms in total. The Kier molecular flexibility index (Phi) is 4.63. The van der Waals surface area contributed by atoms with E-state index in [9.17, 15) is 4.79 Å². The normalized spacial score (nSPS) is 10.3. The number of benzene rings is 1. The van der Waals surface area contributed by atoms with Crippen LogP contribution in [0.3, 0.4) is 0 Å². The van der Waals surface area contributed by atoms with Gasteiger partial charge in [-0.25, -0.2) is 4.79 Å². The molecule has 106 valence electrons. The number of hydrogen-bond donors (Lipinski definition) is 0. The Morgan fingerprint density at radius 1 is 1.40 bits per heavy atom. The standard InChI is InChI=1S/C14H15ClN2O3/c1-10-13(9-16-17(10)2)14(18)20-7-6-19-12-5-3-4-11(15)8-12/h3-5,8-9H,6-7H2,1-2H3. The van der Waals surface area contributed by atoms with Crippen LogP contribution in [-0.4, -0.2) is 29.0 Å². The first-order valence-electron chi connectivity index (χ1n) is 6.12. The van der Waals surface area contributed by atoms with Gasteiger partial charge >= 0.3 is 5.97 Å². The predicted molar refractivity (Wildman–Crippen MR) is 75.2 cm³/mol. The Bertz CT molecular complexity index is 610. The van der Waals surface area contributed by atoms with E-state index in [1.165, 1.54) is 6.20 Å². The van der Waals surface area contributed by atoms with Gasteiger partial charge < -0.3 is 9.47 Å². The van der Waals surface area contributed by atoms with E-state index in [0.717, 1.165) is 5.69 Å². The zero-order valence-corrected chi connectivity index (χ0v) is 12.1. The zero-order valence-electron chi connectivity index (χ0n) is 11.3. The van der Waals surface area contributed by atoms with Crippen molar-refractivity contribution in [1.29, 1.82) is 0 Å². The van der Waals surface area contributed by atoms with Gasteiger partial charge in [0.15, 0.2) is 0 Å². The third-order valence-corrected chi connectivity index (χ3v) is 3.07. The summed E-state index contributed by atoms with van der Waals surface area (Å²) >= 11 is 5.83. The highest BCUT2D eigenvalue weighted by atomic mass is 35.5. The maximum Gasteiger partial charge on any atom is 0.341 e. The molecule has 1 heterocycles. The highest BCUT2D eigenvalue weighted by Crippen LogP contribution is 2.16. The zero-order chi connectivity index (χ0) is 14.5. The first kappa shape index (κ1) is 14.4. The lowest BCUT2D eigenvalue weighted by atomic mass is 10.3. The number of carbonyl (C=O) groups excluding carboxylic acids is 1. The first-order chi connectivity index (χ1) is 9.58. The first-order valence-corrected chi connectivity index (χ1v) is 6.50. The largest absolute Gasteiger partial charge is 0.490 e. The van der Waals surface area contributed by atoms with Crippen LogP contribution in [0, 0.1) is 6.92 Å². The average Bonchev–Trinajstić information content (AvgIpc) is 2.75. The molecule has 0 fully saturated rings. The third kappa shape index (κ3) is 3.51. The van der Waals surface area contributed by atoms with Crippen LogP contribution in [0.4, 0.5) is 0 Å². The highest BCUT2D eigenvalue weighted by Gasteiger charge is 2.13. The molecule has 2 aromatic rings. The van der Waals surface area contributed by atoms with E-state index >= 15 is 0 Å². The van der Waals surface area contributed by atoms with Crippen molar-refractivity contribution in [3.8, 4) is 5.75 Å². The number of aromatic nitrogens is 2. The van der Waals surface area contributed by atoms with Crippen LogP contribution in [0.5, 0.6) is 5.75 Å². The Morgan fingerprint density at radius 2 is 2.20 bits per heavy atom. The molecule has 1 aromatic heterocycles. The summed E-state index contributed by atoms with van der Waals surface area (Å²) in [6.45, 7) is 2.25. The van der Waals surface area contributed by atoms with Crippen LogP contribution < -0.4 is 4.74 Å². The molecule has 20 heavy (non-hydrogen) atoms. The summed E-state index contributed by atoms with van der Waals surface area (Å²) < 4.78 is 12.2. The molecule has 0 saturated heterocycles. The quantitative estimate of drug-likeness (QED) is 0.628. The van der Waals surface area contributed by atoms with Gasteiger partial charge in [0.25, 0.3) is 0 Å². The summed E-state index contributed by atoms with van der Waals surface area (Å²) in [6, 6.07) is 7.05. The second-order valence-electron chi connectivity index (χ2n) is 4.21. The molecule has 0 amide bonds. The molecule has 0 atom stereocenters. The fraction of sp³-hybridized carbons (Fsp3) is 0.286. The SMILES string of the molecule is Cc1c(C(=O)OCCOc2cccc(Cl)c2)cnn1C. The third-order valence-electron chi connectivity index (χ3n) is 2.84. The minimum atomic E-state index is -0.398. The Morgan fingerprint density at radius 3 is 2.85 bits per heavy atom. The topological polar surface area (TPSA) is 53.4 Å². The van der Waals surface area contributed by atoms with Crippen molar-refractivity contribution in [3.63, 3.8) is 0 Å². The Balaban J connectivity index is 1.79. The smallest absolute Gasteiger partial charge is 0.341 e. The van der Waals surface area contributed by atoms with Gasteiger partial charge in [-0.2, -0.15) is 5.10 Å². The number of hydrogen-bond acceptors (Lipinski definition) is 4. The van der Waals surface area contributed by atoms with Crippen molar-refractivity contribution in [2.45, 2.75) is 6.92 Å². The molecule has 0 aliphatic heterocycles. The minimum Gasteiger partial charge on any atom is -0.490 e. The van der Waals surface area contributed by atoms with Gasteiger partial charge in [0, 0.05) is 17.8 Å². The van der Waals surface area contributed by atoms with Crippen LogP contribution in [-0.2, 0) is 11.8 Å². The van der Waals surface area contributed by atoms with Gasteiger partial charge in [-0.15, -0.1) is 0 Å². The fourth-order valence-corrected chi connectivity index (χ4v) is 1.81. The van der Waals surface area contributed by atoms with Gasteiger partial charge in [-0.05, 0) is 25.1 Å². The fourth-order valence-electron chi connectivity index (χ4n) is 1.63. The highest BCUT2D eigenvalue weighted by molar-refractivity contribution is 6.30. The molecule has 6 heteroatoms. The molecule has 0 saturated carbocycles. The molecule has 2 rings (SSSR count). The van der Waals surface area contributed by atoms with E-state index in [4.69, 9.17) is 21.1 Å². The van der Waals surface area contributed by atoms with Crippen molar-refractivity contribution < 1.29 is 14.3 Å². The number of aryl methyl sites for hydroxylation is 1. The van der Waals surface area contributed by atoms with Gasteiger partial charge in [0.2, 0.25) is 0 Å². The van der Waals surface area contributed by atoms with Crippen molar-refractivity contribution in [2.75, 3.05) is 13.2 Å². The van der Waals surface area contributed by atoms with Crippen LogP contribution in [0.1, 0.15) is 16.1 Å². The molecular weight excluding hydrogens is 280 g/mol. The monoisotopic (exact) mass is 294 g/mol. The van der Waals surface area contributed by atoms with Crippen LogP contribution in [0.15, 0.2) is 30.5 Å². The van der Waals surface area contributed by atoms with Crippen molar-refractivity contribution in [3.05, 3.63) is 46.7 Å². The molecule has 0 aliphatic carbocycles. The molecule has 0 bridgehead atoms. The van der Waals surface area contributed by atoms with E-state index in [1.54, 1.807) is 36.0 Å². The number of halogens is 1. The summed E-state index contributed by atoms with van der Waals surface area (Å²) in [4.78, 5) is 11.8. The Labute approximate surface area is 122 Å². The van der Waals surface area contributed by atoms with Crippen molar-refractivity contribution in [2.24, 2.45) is 7.05 Å². The van der Waals surface area contributed by atoms with E-state index in [1.807, 2.05) is 6.92 Å². The number of esters is 1. The van der Waals surface area contributed by atoms with E-state index in [2.05, 4.69) is 5.10 Å². The molecule has 0 unspecified atom stereocenters. The molecule has 0 radical (unpaired) electrons. The van der Waals surface area contributed by atoms with Gasteiger partial charge in [-0.3, -0.25) is 4.68 Å². The van der Waals surface area contributed by atoms with Crippen LogP contribution in [0.25, 0.3) is 0 Å². The molecule has 0 N–H and O–H groups in total.